The van der Waals surface area contributed by atoms with Gasteiger partial charge in [-0.05, 0) is 43.9 Å². The van der Waals surface area contributed by atoms with Crippen LogP contribution in [0.5, 0.6) is 0 Å². The average molecular weight is 205 g/mol. The summed E-state index contributed by atoms with van der Waals surface area (Å²) < 4.78 is 0. The highest BCUT2D eigenvalue weighted by atomic mass is 16.3. The van der Waals surface area contributed by atoms with Crippen molar-refractivity contribution in [3.05, 3.63) is 35.4 Å². The van der Waals surface area contributed by atoms with Crippen LogP contribution in [-0.4, -0.2) is 12.2 Å². The Morgan fingerprint density at radius 1 is 1.33 bits per heavy atom. The standard InChI is InChI=1S/C13H19NO/c1-13(15,12-7-8-12)11-5-3-10(4-6-11)9-14-2/h3-6,12,14-15H,7-9H2,1-2H3. The van der Waals surface area contributed by atoms with Gasteiger partial charge in [-0.25, -0.2) is 0 Å². The zero-order chi connectivity index (χ0) is 10.9. The van der Waals surface area contributed by atoms with Gasteiger partial charge in [0.2, 0.25) is 0 Å². The van der Waals surface area contributed by atoms with Crippen LogP contribution in [0.25, 0.3) is 0 Å². The van der Waals surface area contributed by atoms with Crippen LogP contribution in [0.1, 0.15) is 30.9 Å². The Kier molecular flexibility index (Phi) is 2.81. The van der Waals surface area contributed by atoms with Gasteiger partial charge in [-0.3, -0.25) is 0 Å². The molecule has 0 bridgehead atoms. The van der Waals surface area contributed by atoms with Crippen molar-refractivity contribution in [3.63, 3.8) is 0 Å². The molecule has 2 N–H and O–H groups in total. The molecule has 0 aliphatic heterocycles. The molecule has 1 saturated carbocycles. The number of nitrogens with one attached hydrogen (secondary N) is 1. The smallest absolute Gasteiger partial charge is 0.0896 e. The van der Waals surface area contributed by atoms with Gasteiger partial charge < -0.3 is 10.4 Å². The molecule has 2 rings (SSSR count). The molecule has 1 aliphatic rings. The number of hydrogen-bond donors (Lipinski definition) is 2. The maximum absolute atomic E-state index is 10.3. The van der Waals surface area contributed by atoms with E-state index >= 15 is 0 Å². The van der Waals surface area contributed by atoms with Gasteiger partial charge in [0.25, 0.3) is 0 Å². The molecule has 0 aromatic heterocycles. The maximum Gasteiger partial charge on any atom is 0.0896 e. The third kappa shape index (κ3) is 2.21. The highest BCUT2D eigenvalue weighted by molar-refractivity contribution is 5.28. The Bertz CT molecular complexity index is 325. The first kappa shape index (κ1) is 10.7. The van der Waals surface area contributed by atoms with Gasteiger partial charge in [0.1, 0.15) is 0 Å². The van der Waals surface area contributed by atoms with E-state index in [2.05, 4.69) is 17.4 Å². The molecule has 0 heterocycles. The highest BCUT2D eigenvalue weighted by Crippen LogP contribution is 2.45. The quantitative estimate of drug-likeness (QED) is 0.788. The molecule has 1 unspecified atom stereocenters. The molecular weight excluding hydrogens is 186 g/mol. The van der Waals surface area contributed by atoms with Gasteiger partial charge in [-0.15, -0.1) is 0 Å². The summed E-state index contributed by atoms with van der Waals surface area (Å²) in [5.41, 5.74) is 1.68. The van der Waals surface area contributed by atoms with Crippen LogP contribution in [0.4, 0.5) is 0 Å². The second kappa shape index (κ2) is 3.95. The number of benzene rings is 1. The van der Waals surface area contributed by atoms with Crippen LogP contribution in [-0.2, 0) is 12.1 Å². The van der Waals surface area contributed by atoms with Crippen molar-refractivity contribution < 1.29 is 5.11 Å². The summed E-state index contributed by atoms with van der Waals surface area (Å²) in [4.78, 5) is 0. The lowest BCUT2D eigenvalue weighted by Gasteiger charge is -2.23. The highest BCUT2D eigenvalue weighted by Gasteiger charge is 2.40. The van der Waals surface area contributed by atoms with Gasteiger partial charge in [0.05, 0.1) is 5.60 Å². The third-order valence-corrected chi connectivity index (χ3v) is 3.29. The van der Waals surface area contributed by atoms with E-state index in [4.69, 9.17) is 0 Å². The molecule has 2 nitrogen and oxygen atoms in total. The van der Waals surface area contributed by atoms with Crippen LogP contribution in [0, 0.1) is 5.92 Å². The van der Waals surface area contributed by atoms with Gasteiger partial charge in [0, 0.05) is 6.54 Å². The van der Waals surface area contributed by atoms with E-state index in [-0.39, 0.29) is 0 Å². The number of rotatable bonds is 4. The Morgan fingerprint density at radius 3 is 2.40 bits per heavy atom. The number of aliphatic hydroxyl groups is 1. The summed E-state index contributed by atoms with van der Waals surface area (Å²) in [5, 5.41) is 13.4. The summed E-state index contributed by atoms with van der Waals surface area (Å²) in [6.07, 6.45) is 2.32. The lowest BCUT2D eigenvalue weighted by atomic mass is 9.90. The lowest BCUT2D eigenvalue weighted by molar-refractivity contribution is 0.0331. The monoisotopic (exact) mass is 205 g/mol. The molecule has 1 aliphatic carbocycles. The first-order valence-corrected chi connectivity index (χ1v) is 5.61. The predicted octanol–water partition coefficient (Wildman–Crippen LogP) is 2.02. The Morgan fingerprint density at radius 2 is 1.93 bits per heavy atom. The van der Waals surface area contributed by atoms with E-state index in [0.29, 0.717) is 5.92 Å². The van der Waals surface area contributed by atoms with Crippen LogP contribution >= 0.6 is 0 Å². The topological polar surface area (TPSA) is 32.3 Å². The van der Waals surface area contributed by atoms with Crippen molar-refractivity contribution in [1.82, 2.24) is 5.32 Å². The summed E-state index contributed by atoms with van der Waals surface area (Å²) in [7, 11) is 1.94. The molecular formula is C13H19NO. The van der Waals surface area contributed by atoms with Crippen molar-refractivity contribution in [2.75, 3.05) is 7.05 Å². The van der Waals surface area contributed by atoms with Crippen LogP contribution < -0.4 is 5.32 Å². The zero-order valence-corrected chi connectivity index (χ0v) is 9.46. The molecule has 1 atom stereocenters. The van der Waals surface area contributed by atoms with Crippen molar-refractivity contribution in [2.24, 2.45) is 5.92 Å². The predicted molar refractivity (Wildman–Crippen MR) is 61.5 cm³/mol. The second-order valence-electron chi connectivity index (χ2n) is 4.65. The van der Waals surface area contributed by atoms with Crippen LogP contribution in [0.2, 0.25) is 0 Å². The largest absolute Gasteiger partial charge is 0.385 e. The Balaban J connectivity index is 2.15. The second-order valence-corrected chi connectivity index (χ2v) is 4.65. The molecule has 1 aromatic rings. The molecule has 1 fully saturated rings. The SMILES string of the molecule is CNCc1ccc(C(C)(O)C2CC2)cc1. The molecule has 0 spiro atoms. The minimum absolute atomic E-state index is 0.465. The first-order chi connectivity index (χ1) is 7.14. The van der Waals surface area contributed by atoms with Crippen molar-refractivity contribution >= 4 is 0 Å². The zero-order valence-electron chi connectivity index (χ0n) is 9.46. The fraction of sp³-hybridized carbons (Fsp3) is 0.538. The molecule has 2 heteroatoms. The fourth-order valence-corrected chi connectivity index (χ4v) is 2.05. The maximum atomic E-state index is 10.3. The molecule has 15 heavy (non-hydrogen) atoms. The summed E-state index contributed by atoms with van der Waals surface area (Å²) in [5.74, 6) is 0.465. The van der Waals surface area contributed by atoms with Crippen LogP contribution in [0.3, 0.4) is 0 Å². The lowest BCUT2D eigenvalue weighted by Crippen LogP contribution is -2.23. The van der Waals surface area contributed by atoms with Crippen molar-refractivity contribution in [3.8, 4) is 0 Å². The average Bonchev–Trinajstić information content (AvgIpc) is 3.02. The first-order valence-electron chi connectivity index (χ1n) is 5.61. The number of hydrogen-bond acceptors (Lipinski definition) is 2. The summed E-state index contributed by atoms with van der Waals surface area (Å²) in [6, 6.07) is 8.27. The van der Waals surface area contributed by atoms with Gasteiger partial charge >= 0.3 is 0 Å². The van der Waals surface area contributed by atoms with Crippen LogP contribution in [0.15, 0.2) is 24.3 Å². The van der Waals surface area contributed by atoms with E-state index in [1.807, 2.05) is 26.1 Å². The normalized spacial score (nSPS) is 19.9. The van der Waals surface area contributed by atoms with Crippen molar-refractivity contribution in [2.45, 2.75) is 31.9 Å². The van der Waals surface area contributed by atoms with E-state index in [1.165, 1.54) is 5.56 Å². The summed E-state index contributed by atoms with van der Waals surface area (Å²) in [6.45, 7) is 2.81. The van der Waals surface area contributed by atoms with E-state index in [0.717, 1.165) is 24.9 Å². The molecule has 0 saturated heterocycles. The fourth-order valence-electron chi connectivity index (χ4n) is 2.05. The van der Waals surface area contributed by atoms with E-state index < -0.39 is 5.60 Å². The molecule has 1 aromatic carbocycles. The minimum Gasteiger partial charge on any atom is -0.385 e. The third-order valence-electron chi connectivity index (χ3n) is 3.29. The van der Waals surface area contributed by atoms with Crippen molar-refractivity contribution in [1.29, 1.82) is 0 Å². The van der Waals surface area contributed by atoms with E-state index in [1.54, 1.807) is 0 Å². The minimum atomic E-state index is -0.627. The molecule has 82 valence electrons. The molecule has 0 radical (unpaired) electrons. The Labute approximate surface area is 91.3 Å². The van der Waals surface area contributed by atoms with Gasteiger partial charge in [-0.1, -0.05) is 24.3 Å². The summed E-state index contributed by atoms with van der Waals surface area (Å²) >= 11 is 0. The van der Waals surface area contributed by atoms with Gasteiger partial charge in [0.15, 0.2) is 0 Å². The van der Waals surface area contributed by atoms with E-state index in [9.17, 15) is 5.11 Å². The Hall–Kier alpha value is -0.860. The van der Waals surface area contributed by atoms with Gasteiger partial charge in [-0.2, -0.15) is 0 Å². The molecule has 0 amide bonds.